The second kappa shape index (κ2) is 8.41. The maximum atomic E-state index is 12.6. The molecule has 2 rings (SSSR count). The van der Waals surface area contributed by atoms with Gasteiger partial charge in [-0.1, -0.05) is 18.2 Å². The molecule has 6 nitrogen and oxygen atoms in total. The van der Waals surface area contributed by atoms with Crippen molar-refractivity contribution in [1.82, 2.24) is 9.62 Å². The summed E-state index contributed by atoms with van der Waals surface area (Å²) in [5.74, 6) is 0.355. The fraction of sp³-hybridized carbons (Fsp3) is 0.500. The molecule has 1 atom stereocenters. The molecule has 1 heterocycles. The largest absolute Gasteiger partial charge is 0.479 e. The average Bonchev–Trinajstić information content (AvgIpc) is 2.59. The van der Waals surface area contributed by atoms with E-state index in [0.717, 1.165) is 16.5 Å². The van der Waals surface area contributed by atoms with Crippen LogP contribution < -0.4 is 9.46 Å². The minimum absolute atomic E-state index is 0.135. The van der Waals surface area contributed by atoms with Gasteiger partial charge in [-0.2, -0.15) is 0 Å². The smallest absolute Gasteiger partial charge is 0.263 e. The van der Waals surface area contributed by atoms with E-state index in [1.807, 2.05) is 26.0 Å². The van der Waals surface area contributed by atoms with Crippen LogP contribution in [0.4, 0.5) is 0 Å². The monoisotopic (exact) mass is 400 g/mol. The number of hydrogen-bond donors (Lipinski definition) is 1. The Morgan fingerprint density at radius 3 is 2.50 bits per heavy atom. The topological polar surface area (TPSA) is 75.7 Å². The minimum Gasteiger partial charge on any atom is -0.479 e. The van der Waals surface area contributed by atoms with E-state index < -0.39 is 16.1 Å². The summed E-state index contributed by atoms with van der Waals surface area (Å²) in [6.07, 6.45) is 0.433. The van der Waals surface area contributed by atoms with E-state index >= 15 is 0 Å². The Labute approximate surface area is 160 Å². The number of sulfonamides is 1. The highest BCUT2D eigenvalue weighted by Gasteiger charge is 2.28. The number of halogens is 1. The number of ether oxygens (including phenoxy) is 1. The molecular formula is C18H25ClN2O4S. The van der Waals surface area contributed by atoms with Crippen molar-refractivity contribution in [3.05, 3.63) is 40.3 Å². The first-order valence-corrected chi connectivity index (χ1v) is 10.4. The van der Waals surface area contributed by atoms with Crippen LogP contribution in [-0.4, -0.2) is 44.5 Å². The van der Waals surface area contributed by atoms with Gasteiger partial charge in [0, 0.05) is 24.5 Å². The molecule has 1 saturated heterocycles. The van der Waals surface area contributed by atoms with Gasteiger partial charge < -0.3 is 9.64 Å². The molecule has 0 bridgehead atoms. The fourth-order valence-electron chi connectivity index (χ4n) is 2.84. The maximum Gasteiger partial charge on any atom is 0.263 e. The summed E-state index contributed by atoms with van der Waals surface area (Å²) in [4.78, 5) is 14.3. The van der Waals surface area contributed by atoms with E-state index in [4.69, 9.17) is 16.3 Å². The van der Waals surface area contributed by atoms with E-state index in [2.05, 4.69) is 11.3 Å². The molecule has 1 unspecified atom stereocenters. The predicted molar refractivity (Wildman–Crippen MR) is 103 cm³/mol. The van der Waals surface area contributed by atoms with E-state index in [9.17, 15) is 13.2 Å². The van der Waals surface area contributed by atoms with Gasteiger partial charge in [0.15, 0.2) is 6.10 Å². The molecule has 144 valence electrons. The van der Waals surface area contributed by atoms with Crippen LogP contribution in [0.2, 0.25) is 5.02 Å². The SMILES string of the molecule is C=CS(=O)(=O)NC1CCN(C(=O)C(C)Oc2cc(C)c(C)cc2Cl)CC1. The van der Waals surface area contributed by atoms with E-state index in [1.165, 1.54) is 0 Å². The summed E-state index contributed by atoms with van der Waals surface area (Å²) in [5.41, 5.74) is 2.10. The summed E-state index contributed by atoms with van der Waals surface area (Å²) in [7, 11) is -3.46. The number of likely N-dealkylation sites (tertiary alicyclic amines) is 1. The van der Waals surface area contributed by atoms with Gasteiger partial charge in [-0.05, 0) is 56.9 Å². The normalized spacial score (nSPS) is 17.0. The third kappa shape index (κ3) is 5.22. The molecule has 0 aliphatic carbocycles. The maximum absolute atomic E-state index is 12.6. The van der Waals surface area contributed by atoms with Crippen LogP contribution in [0.15, 0.2) is 24.1 Å². The number of hydrogen-bond acceptors (Lipinski definition) is 4. The molecule has 0 saturated carbocycles. The number of nitrogens with zero attached hydrogens (tertiary/aromatic N) is 1. The van der Waals surface area contributed by atoms with Gasteiger partial charge in [-0.3, -0.25) is 4.79 Å². The van der Waals surface area contributed by atoms with Crippen molar-refractivity contribution in [2.24, 2.45) is 0 Å². The highest BCUT2D eigenvalue weighted by molar-refractivity contribution is 7.92. The quantitative estimate of drug-likeness (QED) is 0.796. The molecule has 0 aromatic heterocycles. The summed E-state index contributed by atoms with van der Waals surface area (Å²) in [6.45, 7) is 9.84. The Kier molecular flexibility index (Phi) is 6.71. The number of amides is 1. The molecule has 1 aliphatic rings. The van der Waals surface area contributed by atoms with Crippen LogP contribution in [-0.2, 0) is 14.8 Å². The number of benzene rings is 1. The van der Waals surface area contributed by atoms with Crippen molar-refractivity contribution in [2.75, 3.05) is 13.1 Å². The number of piperidine rings is 1. The van der Waals surface area contributed by atoms with Gasteiger partial charge >= 0.3 is 0 Å². The zero-order chi connectivity index (χ0) is 19.5. The molecule has 0 spiro atoms. The van der Waals surface area contributed by atoms with Crippen LogP contribution in [0.5, 0.6) is 5.75 Å². The summed E-state index contributed by atoms with van der Waals surface area (Å²) in [6, 6.07) is 3.46. The Bertz CT molecular complexity index is 787. The lowest BCUT2D eigenvalue weighted by Gasteiger charge is -2.33. The van der Waals surface area contributed by atoms with Crippen molar-refractivity contribution in [3.63, 3.8) is 0 Å². The number of rotatable bonds is 6. The molecule has 1 amide bonds. The third-order valence-electron chi connectivity index (χ3n) is 4.56. The summed E-state index contributed by atoms with van der Waals surface area (Å²) in [5, 5.41) is 1.37. The molecule has 1 aliphatic heterocycles. The summed E-state index contributed by atoms with van der Waals surface area (Å²) < 4.78 is 31.4. The lowest BCUT2D eigenvalue weighted by Crippen LogP contribution is -2.49. The highest BCUT2D eigenvalue weighted by Crippen LogP contribution is 2.29. The van der Waals surface area contributed by atoms with Crippen molar-refractivity contribution < 1.29 is 17.9 Å². The standard InChI is InChI=1S/C18H25ClN2O4S/c1-5-26(23,24)20-15-6-8-21(9-7-15)18(22)14(4)25-17-11-13(3)12(2)10-16(17)19/h5,10-11,14-15,20H,1,6-9H2,2-4H3. The first-order chi connectivity index (χ1) is 12.1. The van der Waals surface area contributed by atoms with Crippen LogP contribution >= 0.6 is 11.6 Å². The molecule has 1 aromatic carbocycles. The number of aryl methyl sites for hydroxylation is 2. The minimum atomic E-state index is -3.46. The molecular weight excluding hydrogens is 376 g/mol. The molecule has 0 radical (unpaired) electrons. The van der Waals surface area contributed by atoms with Crippen molar-refractivity contribution >= 4 is 27.5 Å². The van der Waals surface area contributed by atoms with Crippen LogP contribution in [0.3, 0.4) is 0 Å². The zero-order valence-electron chi connectivity index (χ0n) is 15.3. The number of carbonyl (C=O) groups is 1. The Hall–Kier alpha value is -1.57. The molecule has 1 aromatic rings. The molecule has 1 fully saturated rings. The predicted octanol–water partition coefficient (Wildman–Crippen LogP) is 2.78. The van der Waals surface area contributed by atoms with E-state index in [0.29, 0.717) is 36.7 Å². The van der Waals surface area contributed by atoms with Gasteiger partial charge in [0.05, 0.1) is 5.02 Å². The first-order valence-electron chi connectivity index (χ1n) is 8.50. The van der Waals surface area contributed by atoms with Gasteiger partial charge in [-0.25, -0.2) is 13.1 Å². The van der Waals surface area contributed by atoms with Gasteiger partial charge in [0.1, 0.15) is 5.75 Å². The number of nitrogens with one attached hydrogen (secondary N) is 1. The van der Waals surface area contributed by atoms with Gasteiger partial charge in [-0.15, -0.1) is 0 Å². The molecule has 26 heavy (non-hydrogen) atoms. The fourth-order valence-corrected chi connectivity index (χ4v) is 3.90. The van der Waals surface area contributed by atoms with Crippen LogP contribution in [0.25, 0.3) is 0 Å². The van der Waals surface area contributed by atoms with Crippen LogP contribution in [0.1, 0.15) is 30.9 Å². The highest BCUT2D eigenvalue weighted by atomic mass is 35.5. The van der Waals surface area contributed by atoms with Gasteiger partial charge in [0.2, 0.25) is 10.0 Å². The number of carbonyl (C=O) groups excluding carboxylic acids is 1. The molecule has 8 heteroatoms. The lowest BCUT2D eigenvalue weighted by atomic mass is 10.1. The van der Waals surface area contributed by atoms with E-state index in [-0.39, 0.29) is 11.9 Å². The van der Waals surface area contributed by atoms with Crippen molar-refractivity contribution in [1.29, 1.82) is 0 Å². The second-order valence-corrected chi connectivity index (χ2v) is 8.62. The van der Waals surface area contributed by atoms with Crippen LogP contribution in [0, 0.1) is 13.8 Å². The Morgan fingerprint density at radius 1 is 1.35 bits per heavy atom. The lowest BCUT2D eigenvalue weighted by molar-refractivity contribution is -0.139. The second-order valence-electron chi connectivity index (χ2n) is 6.56. The molecule has 1 N–H and O–H groups in total. The Morgan fingerprint density at radius 2 is 1.92 bits per heavy atom. The van der Waals surface area contributed by atoms with Gasteiger partial charge in [0.25, 0.3) is 5.91 Å². The third-order valence-corrected chi connectivity index (χ3v) is 5.95. The van der Waals surface area contributed by atoms with E-state index in [1.54, 1.807) is 11.8 Å². The summed E-state index contributed by atoms with van der Waals surface area (Å²) >= 11 is 6.21. The average molecular weight is 401 g/mol. The Balaban J connectivity index is 1.94. The van der Waals surface area contributed by atoms with Crippen molar-refractivity contribution in [2.45, 2.75) is 45.8 Å². The first kappa shape index (κ1) is 20.7. The zero-order valence-corrected chi connectivity index (χ0v) is 16.9. The van der Waals surface area contributed by atoms with Crippen molar-refractivity contribution in [3.8, 4) is 5.75 Å².